The van der Waals surface area contributed by atoms with Crippen LogP contribution in [0, 0.1) is 0 Å². The predicted molar refractivity (Wildman–Crippen MR) is 85.4 cm³/mol. The van der Waals surface area contributed by atoms with Gasteiger partial charge in [-0.1, -0.05) is 17.8 Å². The Morgan fingerprint density at radius 1 is 1.43 bits per heavy atom. The number of aromatic nitrogens is 3. The number of rotatable bonds is 6. The standard InChI is InChI=1S/C15H18N4O3S/c1-3-19-8-17-18-15(19)23-10(2)14(20)16-7-11-4-5-12-13(6-11)22-9-21-12/h4-6,8,10H,3,7,9H2,1-2H3,(H,16,20)/t10-/m0/s1. The molecule has 0 radical (unpaired) electrons. The number of amides is 1. The van der Waals surface area contributed by atoms with Crippen molar-refractivity contribution in [1.29, 1.82) is 0 Å². The van der Waals surface area contributed by atoms with Crippen molar-refractivity contribution in [3.05, 3.63) is 30.1 Å². The summed E-state index contributed by atoms with van der Waals surface area (Å²) in [4.78, 5) is 12.2. The second-order valence-corrected chi connectivity index (χ2v) is 6.37. The van der Waals surface area contributed by atoms with Crippen LogP contribution in [0.2, 0.25) is 0 Å². The van der Waals surface area contributed by atoms with E-state index in [9.17, 15) is 4.79 Å². The molecule has 2 heterocycles. The Morgan fingerprint density at radius 2 is 2.26 bits per heavy atom. The van der Waals surface area contributed by atoms with Crippen LogP contribution in [0.1, 0.15) is 19.4 Å². The van der Waals surface area contributed by atoms with E-state index in [0.29, 0.717) is 6.54 Å². The van der Waals surface area contributed by atoms with Crippen molar-refractivity contribution in [1.82, 2.24) is 20.1 Å². The van der Waals surface area contributed by atoms with E-state index in [0.717, 1.165) is 28.8 Å². The molecule has 1 aromatic heterocycles. The molecule has 1 aliphatic heterocycles. The number of thioether (sulfide) groups is 1. The summed E-state index contributed by atoms with van der Waals surface area (Å²) in [6.45, 7) is 5.34. The Morgan fingerprint density at radius 3 is 3.09 bits per heavy atom. The van der Waals surface area contributed by atoms with E-state index < -0.39 is 0 Å². The first kappa shape index (κ1) is 15.7. The van der Waals surface area contributed by atoms with E-state index in [4.69, 9.17) is 9.47 Å². The number of carbonyl (C=O) groups is 1. The largest absolute Gasteiger partial charge is 0.454 e. The summed E-state index contributed by atoms with van der Waals surface area (Å²) in [6.07, 6.45) is 1.67. The highest BCUT2D eigenvalue weighted by Crippen LogP contribution is 2.32. The van der Waals surface area contributed by atoms with Gasteiger partial charge in [0.05, 0.1) is 5.25 Å². The fourth-order valence-corrected chi connectivity index (χ4v) is 3.06. The molecule has 0 saturated heterocycles. The lowest BCUT2D eigenvalue weighted by atomic mass is 10.2. The van der Waals surface area contributed by atoms with Crippen LogP contribution in [0.5, 0.6) is 11.5 Å². The number of nitrogens with one attached hydrogen (secondary N) is 1. The summed E-state index contributed by atoms with van der Waals surface area (Å²) in [5.41, 5.74) is 0.969. The van der Waals surface area contributed by atoms with Crippen molar-refractivity contribution in [2.75, 3.05) is 6.79 Å². The topological polar surface area (TPSA) is 78.3 Å². The quantitative estimate of drug-likeness (QED) is 0.812. The first-order valence-corrected chi connectivity index (χ1v) is 8.26. The average molecular weight is 334 g/mol. The molecule has 0 spiro atoms. The van der Waals surface area contributed by atoms with E-state index >= 15 is 0 Å². The van der Waals surface area contributed by atoms with Gasteiger partial charge in [-0.3, -0.25) is 4.79 Å². The molecule has 1 atom stereocenters. The molecule has 0 saturated carbocycles. The van der Waals surface area contributed by atoms with Gasteiger partial charge >= 0.3 is 0 Å². The fourth-order valence-electron chi connectivity index (χ4n) is 2.15. The Labute approximate surface area is 138 Å². The number of nitrogens with zero attached hydrogens (tertiary/aromatic N) is 3. The van der Waals surface area contributed by atoms with Gasteiger partial charge in [0.25, 0.3) is 0 Å². The highest BCUT2D eigenvalue weighted by molar-refractivity contribution is 8.00. The normalized spacial score (nSPS) is 13.8. The molecule has 8 heteroatoms. The Kier molecular flexibility index (Phi) is 4.71. The smallest absolute Gasteiger partial charge is 0.233 e. The summed E-state index contributed by atoms with van der Waals surface area (Å²) < 4.78 is 12.5. The maximum absolute atomic E-state index is 12.2. The van der Waals surface area contributed by atoms with Crippen LogP contribution in [0.15, 0.2) is 29.7 Å². The minimum absolute atomic E-state index is 0.0432. The van der Waals surface area contributed by atoms with Gasteiger partial charge in [-0.05, 0) is 31.5 Å². The van der Waals surface area contributed by atoms with Crippen molar-refractivity contribution in [3.8, 4) is 11.5 Å². The molecule has 0 fully saturated rings. The molecular formula is C15H18N4O3S. The Hall–Kier alpha value is -2.22. The molecule has 1 aliphatic rings. The van der Waals surface area contributed by atoms with Crippen LogP contribution in [-0.2, 0) is 17.9 Å². The molecular weight excluding hydrogens is 316 g/mol. The lowest BCUT2D eigenvalue weighted by Gasteiger charge is -2.12. The van der Waals surface area contributed by atoms with Crippen molar-refractivity contribution < 1.29 is 14.3 Å². The number of carbonyl (C=O) groups excluding carboxylic acids is 1. The van der Waals surface area contributed by atoms with Gasteiger partial charge in [0.15, 0.2) is 16.7 Å². The van der Waals surface area contributed by atoms with E-state index in [1.807, 2.05) is 36.6 Å². The lowest BCUT2D eigenvalue weighted by Crippen LogP contribution is -2.30. The number of aryl methyl sites for hydroxylation is 1. The number of benzene rings is 1. The number of fused-ring (bicyclic) bond motifs is 1. The van der Waals surface area contributed by atoms with E-state index in [-0.39, 0.29) is 18.0 Å². The van der Waals surface area contributed by atoms with Crippen LogP contribution in [-0.4, -0.2) is 32.7 Å². The van der Waals surface area contributed by atoms with Gasteiger partial charge in [-0.25, -0.2) is 0 Å². The summed E-state index contributed by atoms with van der Waals surface area (Å²) in [5, 5.41) is 11.3. The zero-order valence-electron chi connectivity index (χ0n) is 13.0. The van der Waals surface area contributed by atoms with E-state index in [1.165, 1.54) is 11.8 Å². The Balaban J connectivity index is 1.54. The van der Waals surface area contributed by atoms with Gasteiger partial charge in [0.2, 0.25) is 12.7 Å². The molecule has 23 heavy (non-hydrogen) atoms. The lowest BCUT2D eigenvalue weighted by molar-refractivity contribution is -0.120. The predicted octanol–water partition coefficient (Wildman–Crippen LogP) is 1.82. The van der Waals surface area contributed by atoms with Crippen LogP contribution in [0.4, 0.5) is 0 Å². The van der Waals surface area contributed by atoms with Crippen molar-refractivity contribution in [3.63, 3.8) is 0 Å². The molecule has 7 nitrogen and oxygen atoms in total. The maximum Gasteiger partial charge on any atom is 0.233 e. The third-order valence-corrected chi connectivity index (χ3v) is 4.57. The van der Waals surface area contributed by atoms with Crippen LogP contribution < -0.4 is 14.8 Å². The maximum atomic E-state index is 12.2. The van der Waals surface area contributed by atoms with E-state index in [1.54, 1.807) is 6.33 Å². The molecule has 122 valence electrons. The first-order chi connectivity index (χ1) is 11.2. The van der Waals surface area contributed by atoms with Gasteiger partial charge in [0, 0.05) is 13.1 Å². The van der Waals surface area contributed by atoms with Crippen molar-refractivity contribution in [2.24, 2.45) is 0 Å². The summed E-state index contributed by atoms with van der Waals surface area (Å²) >= 11 is 1.40. The van der Waals surface area contributed by atoms with Crippen LogP contribution in [0.3, 0.4) is 0 Å². The second kappa shape index (κ2) is 6.91. The van der Waals surface area contributed by atoms with Crippen molar-refractivity contribution >= 4 is 17.7 Å². The molecule has 0 bridgehead atoms. The third-order valence-electron chi connectivity index (χ3n) is 3.48. The molecule has 1 aromatic carbocycles. The zero-order valence-corrected chi connectivity index (χ0v) is 13.8. The van der Waals surface area contributed by atoms with Gasteiger partial charge in [-0.15, -0.1) is 10.2 Å². The SMILES string of the molecule is CCn1cnnc1S[C@@H](C)C(=O)NCc1ccc2c(c1)OCO2. The first-order valence-electron chi connectivity index (χ1n) is 7.38. The van der Waals surface area contributed by atoms with Gasteiger partial charge in [-0.2, -0.15) is 0 Å². The number of hydrogen-bond donors (Lipinski definition) is 1. The van der Waals surface area contributed by atoms with E-state index in [2.05, 4.69) is 15.5 Å². The second-order valence-electron chi connectivity index (χ2n) is 5.07. The minimum atomic E-state index is -0.251. The highest BCUT2D eigenvalue weighted by Gasteiger charge is 2.18. The zero-order chi connectivity index (χ0) is 16.2. The molecule has 1 N–H and O–H groups in total. The molecule has 1 amide bonds. The molecule has 0 unspecified atom stereocenters. The third kappa shape index (κ3) is 3.58. The average Bonchev–Trinajstić information content (AvgIpc) is 3.20. The fraction of sp³-hybridized carbons (Fsp3) is 0.400. The summed E-state index contributed by atoms with van der Waals surface area (Å²) in [5.74, 6) is 1.41. The molecule has 0 aliphatic carbocycles. The summed E-state index contributed by atoms with van der Waals surface area (Å²) in [6, 6.07) is 5.65. The summed E-state index contributed by atoms with van der Waals surface area (Å²) in [7, 11) is 0. The van der Waals surface area contributed by atoms with Crippen LogP contribution >= 0.6 is 11.8 Å². The van der Waals surface area contributed by atoms with Crippen molar-refractivity contribution in [2.45, 2.75) is 37.3 Å². The monoisotopic (exact) mass is 334 g/mol. The number of hydrogen-bond acceptors (Lipinski definition) is 6. The molecule has 2 aromatic rings. The van der Waals surface area contributed by atoms with Gasteiger partial charge in [0.1, 0.15) is 6.33 Å². The van der Waals surface area contributed by atoms with Crippen LogP contribution in [0.25, 0.3) is 0 Å². The Bertz CT molecular complexity index is 704. The highest BCUT2D eigenvalue weighted by atomic mass is 32.2. The minimum Gasteiger partial charge on any atom is -0.454 e. The number of ether oxygens (including phenoxy) is 2. The molecule has 3 rings (SSSR count). The van der Waals surface area contributed by atoms with Gasteiger partial charge < -0.3 is 19.4 Å².